The van der Waals surface area contributed by atoms with Gasteiger partial charge in [-0.3, -0.25) is 4.79 Å². The van der Waals surface area contributed by atoms with Crippen LogP contribution in [0.3, 0.4) is 0 Å². The molecule has 0 radical (unpaired) electrons. The molecule has 0 spiro atoms. The highest BCUT2D eigenvalue weighted by molar-refractivity contribution is 7.18. The molecular weight excluding hydrogens is 371 g/mol. The number of methoxy groups -OCH3 is 1. The zero-order chi connectivity index (χ0) is 19.0. The average Bonchev–Trinajstić information content (AvgIpc) is 3.04. The predicted octanol–water partition coefficient (Wildman–Crippen LogP) is 3.37. The number of aromatic amines is 1. The smallest absolute Gasteiger partial charge is 0.341 e. The molecule has 0 saturated carbocycles. The zero-order valence-electron chi connectivity index (χ0n) is 14.6. The standard InChI is InChI=1S/C19H17FN2O4S/c1-25-10-6-7-11(13(20)8-10)19(24)26-9-15-21-17(23)16-12-4-2-3-5-14(12)27-18(16)22-15/h6-8H,2-5,9H2,1H3,(H,21,22,23). The maximum atomic E-state index is 14.0. The second-order valence-electron chi connectivity index (χ2n) is 6.33. The molecule has 3 aromatic rings. The molecule has 1 aliphatic rings. The highest BCUT2D eigenvalue weighted by atomic mass is 32.1. The van der Waals surface area contributed by atoms with Crippen molar-refractivity contribution in [1.82, 2.24) is 9.97 Å². The third-order valence-corrected chi connectivity index (χ3v) is 5.80. The van der Waals surface area contributed by atoms with Gasteiger partial charge in [0.05, 0.1) is 18.1 Å². The molecule has 0 bridgehead atoms. The number of H-pyrrole nitrogens is 1. The summed E-state index contributed by atoms with van der Waals surface area (Å²) in [5, 5.41) is 0.644. The van der Waals surface area contributed by atoms with E-state index in [-0.39, 0.29) is 23.6 Å². The van der Waals surface area contributed by atoms with Crippen molar-refractivity contribution in [2.24, 2.45) is 0 Å². The van der Waals surface area contributed by atoms with Crippen LogP contribution in [-0.4, -0.2) is 23.0 Å². The van der Waals surface area contributed by atoms with Gasteiger partial charge in [-0.2, -0.15) is 0 Å². The number of benzene rings is 1. The van der Waals surface area contributed by atoms with Crippen molar-refractivity contribution in [3.63, 3.8) is 0 Å². The van der Waals surface area contributed by atoms with Crippen molar-refractivity contribution < 1.29 is 18.7 Å². The van der Waals surface area contributed by atoms with E-state index in [1.54, 1.807) is 0 Å². The lowest BCUT2D eigenvalue weighted by Crippen LogP contribution is -2.15. The summed E-state index contributed by atoms with van der Waals surface area (Å²) in [5.41, 5.74) is 0.672. The van der Waals surface area contributed by atoms with Crippen LogP contribution in [-0.2, 0) is 24.2 Å². The number of fused-ring (bicyclic) bond motifs is 3. The largest absolute Gasteiger partial charge is 0.497 e. The Balaban J connectivity index is 1.55. The summed E-state index contributed by atoms with van der Waals surface area (Å²) < 4.78 is 24.0. The van der Waals surface area contributed by atoms with Gasteiger partial charge >= 0.3 is 5.97 Å². The number of ether oxygens (including phenoxy) is 2. The molecule has 0 fully saturated rings. The quantitative estimate of drug-likeness (QED) is 0.693. The maximum Gasteiger partial charge on any atom is 0.341 e. The van der Waals surface area contributed by atoms with Crippen LogP contribution in [0.25, 0.3) is 10.2 Å². The fraction of sp³-hybridized carbons (Fsp3) is 0.316. The number of hydrogen-bond acceptors (Lipinski definition) is 6. The van der Waals surface area contributed by atoms with Crippen molar-refractivity contribution in [2.45, 2.75) is 32.3 Å². The number of halogens is 1. The van der Waals surface area contributed by atoms with Gasteiger partial charge in [-0.05, 0) is 43.4 Å². The summed E-state index contributed by atoms with van der Waals surface area (Å²) in [4.78, 5) is 33.6. The van der Waals surface area contributed by atoms with Gasteiger partial charge in [0.15, 0.2) is 0 Å². The molecule has 2 aromatic heterocycles. The van der Waals surface area contributed by atoms with Gasteiger partial charge < -0.3 is 14.5 Å². The summed E-state index contributed by atoms with van der Waals surface area (Å²) in [6, 6.07) is 3.88. The van der Waals surface area contributed by atoms with Crippen LogP contribution in [0.2, 0.25) is 0 Å². The van der Waals surface area contributed by atoms with Gasteiger partial charge in [-0.1, -0.05) is 0 Å². The van der Waals surface area contributed by atoms with Crippen LogP contribution in [0.4, 0.5) is 4.39 Å². The molecule has 0 aliphatic heterocycles. The first kappa shape index (κ1) is 17.7. The summed E-state index contributed by atoms with van der Waals surface area (Å²) >= 11 is 1.52. The normalized spacial score (nSPS) is 13.4. The summed E-state index contributed by atoms with van der Waals surface area (Å²) in [5.74, 6) is -1.01. The fourth-order valence-corrected chi connectivity index (χ4v) is 4.56. The van der Waals surface area contributed by atoms with E-state index < -0.39 is 11.8 Å². The SMILES string of the molecule is COc1ccc(C(=O)OCc2nc3sc4c(c3c(=O)[nH]2)CCCC4)c(F)c1. The van der Waals surface area contributed by atoms with Crippen molar-refractivity contribution >= 4 is 27.5 Å². The van der Waals surface area contributed by atoms with Gasteiger partial charge in [0, 0.05) is 10.9 Å². The molecule has 1 aliphatic carbocycles. The number of nitrogens with zero attached hydrogens (tertiary/aromatic N) is 1. The van der Waals surface area contributed by atoms with E-state index in [1.165, 1.54) is 35.5 Å². The first-order valence-electron chi connectivity index (χ1n) is 8.61. The molecule has 0 amide bonds. The highest BCUT2D eigenvalue weighted by Crippen LogP contribution is 2.33. The number of thiophene rings is 1. The Hall–Kier alpha value is -2.74. The lowest BCUT2D eigenvalue weighted by molar-refractivity contribution is 0.0457. The zero-order valence-corrected chi connectivity index (χ0v) is 15.5. The first-order chi connectivity index (χ1) is 13.1. The van der Waals surface area contributed by atoms with Crippen LogP contribution < -0.4 is 10.3 Å². The van der Waals surface area contributed by atoms with E-state index in [2.05, 4.69) is 9.97 Å². The molecule has 2 heterocycles. The van der Waals surface area contributed by atoms with Gasteiger partial charge in [0.1, 0.15) is 28.8 Å². The molecule has 1 N–H and O–H groups in total. The van der Waals surface area contributed by atoms with Crippen LogP contribution >= 0.6 is 11.3 Å². The van der Waals surface area contributed by atoms with Crippen LogP contribution in [0.5, 0.6) is 5.75 Å². The Morgan fingerprint density at radius 3 is 2.93 bits per heavy atom. The minimum Gasteiger partial charge on any atom is -0.497 e. The van der Waals surface area contributed by atoms with Gasteiger partial charge in [-0.25, -0.2) is 14.2 Å². The van der Waals surface area contributed by atoms with Crippen LogP contribution in [0, 0.1) is 5.82 Å². The third kappa shape index (κ3) is 3.32. The molecule has 8 heteroatoms. The van der Waals surface area contributed by atoms with E-state index >= 15 is 0 Å². The van der Waals surface area contributed by atoms with Crippen LogP contribution in [0.1, 0.15) is 39.5 Å². The predicted molar refractivity (Wildman–Crippen MR) is 99.0 cm³/mol. The molecule has 0 atom stereocenters. The first-order valence-corrected chi connectivity index (χ1v) is 9.42. The Labute approximate surface area is 158 Å². The van der Waals surface area contributed by atoms with E-state index in [4.69, 9.17) is 9.47 Å². The monoisotopic (exact) mass is 388 g/mol. The van der Waals surface area contributed by atoms with Gasteiger partial charge in [-0.15, -0.1) is 11.3 Å². The lowest BCUT2D eigenvalue weighted by atomic mass is 9.97. The molecule has 4 rings (SSSR count). The average molecular weight is 388 g/mol. The van der Waals surface area contributed by atoms with Crippen molar-refractivity contribution in [3.05, 3.63) is 56.2 Å². The summed E-state index contributed by atoms with van der Waals surface area (Å²) in [7, 11) is 1.41. The van der Waals surface area contributed by atoms with Crippen molar-refractivity contribution in [2.75, 3.05) is 7.11 Å². The molecule has 1 aromatic carbocycles. The molecule has 140 valence electrons. The lowest BCUT2D eigenvalue weighted by Gasteiger charge is -2.09. The summed E-state index contributed by atoms with van der Waals surface area (Å²) in [6.07, 6.45) is 4.06. The fourth-order valence-electron chi connectivity index (χ4n) is 3.28. The number of aryl methyl sites for hydroxylation is 2. The Morgan fingerprint density at radius 2 is 2.15 bits per heavy atom. The van der Waals surface area contributed by atoms with E-state index in [0.717, 1.165) is 37.3 Å². The number of esters is 1. The second kappa shape index (κ2) is 7.11. The Bertz CT molecular complexity index is 1090. The van der Waals surface area contributed by atoms with E-state index in [1.807, 2.05) is 0 Å². The molecule has 0 unspecified atom stereocenters. The minimum atomic E-state index is -0.830. The molecular formula is C19H17FN2O4S. The number of carbonyl (C=O) groups is 1. The maximum absolute atomic E-state index is 14.0. The molecule has 27 heavy (non-hydrogen) atoms. The Morgan fingerprint density at radius 1 is 1.33 bits per heavy atom. The highest BCUT2D eigenvalue weighted by Gasteiger charge is 2.20. The number of aromatic nitrogens is 2. The number of nitrogens with one attached hydrogen (secondary N) is 1. The number of carbonyl (C=O) groups excluding carboxylic acids is 1. The topological polar surface area (TPSA) is 81.3 Å². The van der Waals surface area contributed by atoms with E-state index in [9.17, 15) is 14.0 Å². The minimum absolute atomic E-state index is 0.203. The second-order valence-corrected chi connectivity index (χ2v) is 7.41. The molecule has 0 saturated heterocycles. The van der Waals surface area contributed by atoms with E-state index in [0.29, 0.717) is 16.0 Å². The summed E-state index contributed by atoms with van der Waals surface area (Å²) in [6.45, 7) is -0.238. The Kier molecular flexibility index (Phi) is 4.65. The number of hydrogen-bond donors (Lipinski definition) is 1. The van der Waals surface area contributed by atoms with Crippen LogP contribution in [0.15, 0.2) is 23.0 Å². The van der Waals surface area contributed by atoms with Gasteiger partial charge in [0.25, 0.3) is 5.56 Å². The third-order valence-electron chi connectivity index (χ3n) is 4.61. The van der Waals surface area contributed by atoms with Crippen molar-refractivity contribution in [1.29, 1.82) is 0 Å². The van der Waals surface area contributed by atoms with Gasteiger partial charge in [0.2, 0.25) is 0 Å². The van der Waals surface area contributed by atoms with Crippen molar-refractivity contribution in [3.8, 4) is 5.75 Å². The molecule has 6 nitrogen and oxygen atoms in total. The number of rotatable bonds is 4.